The third-order valence-corrected chi connectivity index (χ3v) is 6.43. The van der Waals surface area contributed by atoms with Crippen molar-refractivity contribution in [3.63, 3.8) is 0 Å². The van der Waals surface area contributed by atoms with E-state index >= 15 is 0 Å². The Morgan fingerprint density at radius 3 is 2.38 bits per heavy atom. The van der Waals surface area contributed by atoms with Gasteiger partial charge >= 0.3 is 5.97 Å². The molecule has 0 heterocycles. The molecule has 10 heteroatoms. The van der Waals surface area contributed by atoms with Crippen molar-refractivity contribution in [2.75, 3.05) is 12.4 Å². The first-order valence-electron chi connectivity index (χ1n) is 10.6. The Hall–Kier alpha value is -3.11. The Balaban J connectivity index is 2.04. The van der Waals surface area contributed by atoms with Crippen LogP contribution in [-0.4, -0.2) is 55.5 Å². The van der Waals surface area contributed by atoms with Crippen molar-refractivity contribution in [2.45, 2.75) is 50.5 Å². The highest BCUT2D eigenvalue weighted by atomic mass is 32.2. The first kappa shape index (κ1) is 27.1. The zero-order chi connectivity index (χ0) is 25.4. The van der Waals surface area contributed by atoms with E-state index in [1.165, 1.54) is 25.1 Å². The number of aromatic hydroxyl groups is 1. The number of carbonyl (C=O) groups excluding carboxylic acids is 2. The van der Waals surface area contributed by atoms with E-state index in [1.54, 1.807) is 0 Å². The van der Waals surface area contributed by atoms with Crippen LogP contribution in [-0.2, 0) is 22.0 Å². The molecule has 2 unspecified atom stereocenters. The van der Waals surface area contributed by atoms with Crippen LogP contribution < -0.4 is 4.74 Å². The van der Waals surface area contributed by atoms with Crippen molar-refractivity contribution < 1.29 is 43.0 Å². The zero-order valence-electron chi connectivity index (χ0n) is 18.9. The van der Waals surface area contributed by atoms with Crippen LogP contribution in [0.4, 0.5) is 4.39 Å². The molecule has 0 saturated carbocycles. The van der Waals surface area contributed by atoms with Gasteiger partial charge in [0.25, 0.3) is 0 Å². The van der Waals surface area contributed by atoms with E-state index < -0.39 is 40.9 Å². The van der Waals surface area contributed by atoms with Gasteiger partial charge in [0, 0.05) is 16.9 Å². The Kier molecular flexibility index (Phi) is 9.88. The van der Waals surface area contributed by atoms with Gasteiger partial charge in [-0.3, -0.25) is 18.6 Å². The maximum atomic E-state index is 14.3. The Morgan fingerprint density at radius 2 is 1.79 bits per heavy atom. The number of ether oxygens (including phenoxy) is 1. The lowest BCUT2D eigenvalue weighted by Gasteiger charge is -2.17. The Bertz CT molecular complexity index is 1100. The topological polar surface area (TPSA) is 138 Å². The van der Waals surface area contributed by atoms with Crippen LogP contribution in [0, 0.1) is 5.82 Å². The van der Waals surface area contributed by atoms with Gasteiger partial charge < -0.3 is 20.1 Å². The van der Waals surface area contributed by atoms with Crippen LogP contribution >= 0.6 is 0 Å². The van der Waals surface area contributed by atoms with E-state index in [1.807, 2.05) is 6.92 Å². The van der Waals surface area contributed by atoms with Crippen LogP contribution in [0.1, 0.15) is 59.4 Å². The summed E-state index contributed by atoms with van der Waals surface area (Å²) in [5, 5.41) is 29.3. The van der Waals surface area contributed by atoms with E-state index in [4.69, 9.17) is 9.84 Å². The predicted octanol–water partition coefficient (Wildman–Crippen LogP) is 3.28. The van der Waals surface area contributed by atoms with Crippen LogP contribution in [0.3, 0.4) is 0 Å². The fourth-order valence-electron chi connectivity index (χ4n) is 3.25. The van der Waals surface area contributed by atoms with E-state index in [-0.39, 0.29) is 46.3 Å². The van der Waals surface area contributed by atoms with Gasteiger partial charge in [0.05, 0.1) is 40.2 Å². The minimum atomic E-state index is -1.81. The SMILES string of the molecule is CCCc1c(OCC(O)CS(=O)c2ccc(C(=O)CCC(=O)O)c(F)c2)ccc(C(C)=O)c1O. The fourth-order valence-corrected chi connectivity index (χ4v) is 4.35. The smallest absolute Gasteiger partial charge is 0.303 e. The standard InChI is InChI=1S/C24H27FO8S/c1-3-4-19-22(9-7-17(14(2)26)24(19)31)33-12-15(27)13-34(32)16-5-6-18(20(25)11-16)21(28)8-10-23(29)30/h5-7,9,11,15,27,31H,3-4,8,10,12-13H2,1-2H3,(H,29,30). The molecule has 0 amide bonds. The molecular formula is C24H27FO8S. The number of carboxylic acid groups (broad SMARTS) is 1. The van der Waals surface area contributed by atoms with Crippen LogP contribution in [0.2, 0.25) is 0 Å². The number of phenolic OH excluding ortho intramolecular Hbond substituents is 1. The molecule has 184 valence electrons. The molecule has 0 aliphatic heterocycles. The molecule has 0 bridgehead atoms. The summed E-state index contributed by atoms with van der Waals surface area (Å²) in [4.78, 5) is 34.2. The Morgan fingerprint density at radius 1 is 1.12 bits per heavy atom. The van der Waals surface area contributed by atoms with Crippen molar-refractivity contribution in [1.82, 2.24) is 0 Å². The first-order chi connectivity index (χ1) is 16.0. The molecule has 0 fully saturated rings. The number of ketones is 2. The van der Waals surface area contributed by atoms with Gasteiger partial charge in [-0.2, -0.15) is 0 Å². The number of aliphatic hydroxyl groups is 1. The molecule has 0 spiro atoms. The molecule has 0 aromatic heterocycles. The quantitative estimate of drug-likeness (QED) is 0.361. The predicted molar refractivity (Wildman–Crippen MR) is 122 cm³/mol. The Labute approximate surface area is 198 Å². The number of carbonyl (C=O) groups is 3. The second-order valence-electron chi connectivity index (χ2n) is 7.68. The average molecular weight is 495 g/mol. The van der Waals surface area contributed by atoms with E-state index in [0.717, 1.165) is 12.1 Å². The number of halogens is 1. The van der Waals surface area contributed by atoms with E-state index in [9.17, 15) is 33.2 Å². The lowest BCUT2D eigenvalue weighted by Crippen LogP contribution is -2.25. The average Bonchev–Trinajstić information content (AvgIpc) is 2.77. The lowest BCUT2D eigenvalue weighted by molar-refractivity contribution is -0.136. The summed E-state index contributed by atoms with van der Waals surface area (Å²) in [6, 6.07) is 6.32. The van der Waals surface area contributed by atoms with Gasteiger partial charge in [-0.05, 0) is 43.7 Å². The number of aliphatic carboxylic acids is 1. The van der Waals surface area contributed by atoms with Gasteiger partial charge in [-0.15, -0.1) is 0 Å². The summed E-state index contributed by atoms with van der Waals surface area (Å²) in [5.41, 5.74) is 0.321. The molecule has 0 saturated heterocycles. The molecule has 2 aromatic rings. The molecule has 34 heavy (non-hydrogen) atoms. The highest BCUT2D eigenvalue weighted by Gasteiger charge is 2.19. The third-order valence-electron chi connectivity index (χ3n) is 4.96. The van der Waals surface area contributed by atoms with E-state index in [2.05, 4.69) is 0 Å². The minimum Gasteiger partial charge on any atom is -0.507 e. The molecule has 2 aromatic carbocycles. The number of hydrogen-bond acceptors (Lipinski definition) is 7. The number of hydrogen-bond donors (Lipinski definition) is 3. The second-order valence-corrected chi connectivity index (χ2v) is 9.18. The van der Waals surface area contributed by atoms with Crippen molar-refractivity contribution in [3.05, 3.63) is 52.8 Å². The van der Waals surface area contributed by atoms with Crippen LogP contribution in [0.25, 0.3) is 0 Å². The van der Waals surface area contributed by atoms with Gasteiger partial charge in [0.1, 0.15) is 23.9 Å². The number of Topliss-reactive ketones (excluding diaryl/α,β-unsaturated/α-hetero) is 2. The van der Waals surface area contributed by atoms with E-state index in [0.29, 0.717) is 24.2 Å². The van der Waals surface area contributed by atoms with Crippen LogP contribution in [0.5, 0.6) is 11.5 Å². The largest absolute Gasteiger partial charge is 0.507 e. The maximum absolute atomic E-state index is 14.3. The maximum Gasteiger partial charge on any atom is 0.303 e. The number of rotatable bonds is 13. The lowest BCUT2D eigenvalue weighted by atomic mass is 10.0. The molecule has 0 radical (unpaired) electrons. The highest BCUT2D eigenvalue weighted by Crippen LogP contribution is 2.33. The molecule has 3 N–H and O–H groups in total. The van der Waals surface area contributed by atoms with Gasteiger partial charge in [-0.1, -0.05) is 13.3 Å². The minimum absolute atomic E-state index is 0.0569. The molecule has 0 aliphatic carbocycles. The fraction of sp³-hybridized carbons (Fsp3) is 0.375. The summed E-state index contributed by atoms with van der Waals surface area (Å²) in [6.45, 7) is 2.98. The van der Waals surface area contributed by atoms with Crippen molar-refractivity contribution in [3.8, 4) is 11.5 Å². The van der Waals surface area contributed by atoms with Crippen molar-refractivity contribution >= 4 is 28.3 Å². The van der Waals surface area contributed by atoms with Crippen molar-refractivity contribution in [2.24, 2.45) is 0 Å². The second kappa shape index (κ2) is 12.4. The number of benzene rings is 2. The number of phenols is 1. The molecule has 0 aliphatic rings. The van der Waals surface area contributed by atoms with Crippen LogP contribution in [0.15, 0.2) is 35.2 Å². The van der Waals surface area contributed by atoms with Gasteiger partial charge in [-0.25, -0.2) is 4.39 Å². The van der Waals surface area contributed by atoms with Crippen molar-refractivity contribution in [1.29, 1.82) is 0 Å². The first-order valence-corrected chi connectivity index (χ1v) is 12.0. The zero-order valence-corrected chi connectivity index (χ0v) is 19.7. The normalized spacial score (nSPS) is 12.7. The third kappa shape index (κ3) is 7.19. The molecule has 2 atom stereocenters. The number of carboxylic acids is 1. The summed E-state index contributed by atoms with van der Waals surface area (Å²) in [6.07, 6.45) is -0.842. The summed E-state index contributed by atoms with van der Waals surface area (Å²) < 4.78 is 32.4. The molecule has 8 nitrogen and oxygen atoms in total. The van der Waals surface area contributed by atoms with Gasteiger partial charge in [0.2, 0.25) is 0 Å². The monoisotopic (exact) mass is 494 g/mol. The number of aliphatic hydroxyl groups excluding tert-OH is 1. The van der Waals surface area contributed by atoms with Gasteiger partial charge in [0.15, 0.2) is 11.6 Å². The summed E-state index contributed by atoms with van der Waals surface area (Å²) >= 11 is 0. The molecule has 2 rings (SSSR count). The molecular weight excluding hydrogens is 467 g/mol. The summed E-state index contributed by atoms with van der Waals surface area (Å²) in [5.74, 6) is -3.20. The highest BCUT2D eigenvalue weighted by molar-refractivity contribution is 7.85. The summed E-state index contributed by atoms with van der Waals surface area (Å²) in [7, 11) is -1.81.